The van der Waals surface area contributed by atoms with Gasteiger partial charge in [0.25, 0.3) is 0 Å². The molecule has 2 nitrogen and oxygen atoms in total. The highest BCUT2D eigenvalue weighted by molar-refractivity contribution is 6.11. The van der Waals surface area contributed by atoms with E-state index in [1.165, 1.54) is 94.1 Å². The normalized spacial score (nSPS) is 12.8. The van der Waals surface area contributed by atoms with E-state index >= 15 is 0 Å². The van der Waals surface area contributed by atoms with Gasteiger partial charge in [0.05, 0.1) is 22.1 Å². The van der Waals surface area contributed by atoms with Crippen LogP contribution >= 0.6 is 0 Å². The Morgan fingerprint density at radius 2 is 0.754 bits per heavy atom. The van der Waals surface area contributed by atoms with Gasteiger partial charge >= 0.3 is 0 Å². The van der Waals surface area contributed by atoms with Crippen molar-refractivity contribution in [3.05, 3.63) is 289 Å². The maximum atomic E-state index is 2.50. The first kappa shape index (κ1) is 39.2. The van der Waals surface area contributed by atoms with E-state index in [2.05, 4.69) is 276 Å². The fourth-order valence-electron chi connectivity index (χ4n) is 11.9. The van der Waals surface area contributed by atoms with Crippen LogP contribution in [0.15, 0.2) is 267 Å². The molecular weight excluding hydrogens is 833 g/mol. The second-order valence-electron chi connectivity index (χ2n) is 18.3. The monoisotopic (exact) mass is 876 g/mol. The predicted octanol–water partition coefficient (Wildman–Crippen LogP) is 17.6. The summed E-state index contributed by atoms with van der Waals surface area (Å²) in [4.78, 5) is 2.49. The van der Waals surface area contributed by atoms with Gasteiger partial charge in [-0.3, -0.25) is 0 Å². The molecule has 69 heavy (non-hydrogen) atoms. The number of rotatable bonds is 7. The zero-order valence-electron chi connectivity index (χ0n) is 37.8. The summed E-state index contributed by atoms with van der Waals surface area (Å²) in [6.45, 7) is 0. The molecule has 0 saturated carbocycles. The molecule has 0 saturated heterocycles. The SMILES string of the molecule is c1ccc(-c2ccc(N(c3ccc4c(c3)C3(c5ccccc5-c5ccccc53)c3ccccc3-4)c3ccccc3-c3ccccc3-c3ccc4c(c3)c3ccccc3n4-c3ccccc3)cc2)cc1. The third-order valence-electron chi connectivity index (χ3n) is 14.8. The van der Waals surface area contributed by atoms with Crippen LogP contribution in [0.2, 0.25) is 0 Å². The molecule has 0 N–H and O–H groups in total. The van der Waals surface area contributed by atoms with Crippen molar-refractivity contribution >= 4 is 38.9 Å². The molecule has 12 aromatic rings. The largest absolute Gasteiger partial charge is 0.310 e. The molecule has 2 heteroatoms. The van der Waals surface area contributed by atoms with Crippen LogP contribution in [-0.4, -0.2) is 4.57 Å². The number of nitrogens with zero attached hydrogens (tertiary/aromatic N) is 2. The van der Waals surface area contributed by atoms with Crippen molar-refractivity contribution in [3.63, 3.8) is 0 Å². The fraction of sp³-hybridized carbons (Fsp3) is 0.0149. The van der Waals surface area contributed by atoms with Gasteiger partial charge in [0.1, 0.15) is 0 Å². The molecule has 1 aromatic heterocycles. The minimum atomic E-state index is -0.466. The Morgan fingerprint density at radius 3 is 1.43 bits per heavy atom. The minimum absolute atomic E-state index is 0.466. The van der Waals surface area contributed by atoms with Crippen LogP contribution in [0.4, 0.5) is 17.1 Å². The van der Waals surface area contributed by atoms with Crippen LogP contribution in [0, 0.1) is 0 Å². The van der Waals surface area contributed by atoms with Crippen molar-refractivity contribution in [2.75, 3.05) is 4.90 Å². The Labute approximate surface area is 402 Å². The molecule has 1 heterocycles. The molecule has 322 valence electrons. The van der Waals surface area contributed by atoms with E-state index in [0.717, 1.165) is 28.3 Å². The predicted molar refractivity (Wildman–Crippen MR) is 288 cm³/mol. The van der Waals surface area contributed by atoms with Crippen molar-refractivity contribution < 1.29 is 0 Å². The van der Waals surface area contributed by atoms with Gasteiger partial charge in [0.15, 0.2) is 0 Å². The summed E-state index contributed by atoms with van der Waals surface area (Å²) in [6, 6.07) is 98.6. The number of anilines is 3. The third kappa shape index (κ3) is 5.86. The molecule has 0 amide bonds. The highest BCUT2D eigenvalue weighted by Gasteiger charge is 2.51. The van der Waals surface area contributed by atoms with Crippen LogP contribution in [0.25, 0.3) is 83.1 Å². The molecule has 0 fully saturated rings. The number of para-hydroxylation sites is 3. The van der Waals surface area contributed by atoms with Crippen LogP contribution < -0.4 is 4.90 Å². The smallest absolute Gasteiger partial charge is 0.0726 e. The van der Waals surface area contributed by atoms with E-state index in [-0.39, 0.29) is 0 Å². The van der Waals surface area contributed by atoms with Crippen LogP contribution in [0.1, 0.15) is 22.3 Å². The lowest BCUT2D eigenvalue weighted by molar-refractivity contribution is 0.793. The highest BCUT2D eigenvalue weighted by atomic mass is 15.1. The molecule has 0 atom stereocenters. The van der Waals surface area contributed by atoms with Gasteiger partial charge in [0, 0.05) is 33.4 Å². The lowest BCUT2D eigenvalue weighted by Crippen LogP contribution is -2.26. The zero-order chi connectivity index (χ0) is 45.5. The number of hydrogen-bond acceptors (Lipinski definition) is 1. The highest BCUT2D eigenvalue weighted by Crippen LogP contribution is 2.63. The Morgan fingerprint density at radius 1 is 0.275 bits per heavy atom. The molecule has 1 spiro atoms. The maximum Gasteiger partial charge on any atom is 0.0726 e. The van der Waals surface area contributed by atoms with Gasteiger partial charge in [-0.15, -0.1) is 0 Å². The summed E-state index contributed by atoms with van der Waals surface area (Å²) in [6.07, 6.45) is 0. The van der Waals surface area contributed by atoms with Gasteiger partial charge in [-0.1, -0.05) is 206 Å². The molecule has 14 rings (SSSR count). The van der Waals surface area contributed by atoms with Gasteiger partial charge in [-0.2, -0.15) is 0 Å². The fourth-order valence-corrected chi connectivity index (χ4v) is 11.9. The molecule has 0 radical (unpaired) electrons. The first-order valence-corrected chi connectivity index (χ1v) is 23.9. The van der Waals surface area contributed by atoms with Crippen molar-refractivity contribution in [3.8, 4) is 61.3 Å². The van der Waals surface area contributed by atoms with Crippen molar-refractivity contribution in [2.45, 2.75) is 5.41 Å². The van der Waals surface area contributed by atoms with E-state index < -0.39 is 5.41 Å². The van der Waals surface area contributed by atoms with Crippen molar-refractivity contribution in [2.24, 2.45) is 0 Å². The summed E-state index contributed by atoms with van der Waals surface area (Å²) in [5.74, 6) is 0. The number of benzene rings is 11. The van der Waals surface area contributed by atoms with Gasteiger partial charge in [-0.25, -0.2) is 0 Å². The van der Waals surface area contributed by atoms with Crippen LogP contribution in [0.3, 0.4) is 0 Å². The Hall–Kier alpha value is -8.98. The summed E-state index contributed by atoms with van der Waals surface area (Å²) in [5.41, 5.74) is 24.0. The van der Waals surface area contributed by atoms with Gasteiger partial charge < -0.3 is 9.47 Å². The van der Waals surface area contributed by atoms with Gasteiger partial charge in [0.2, 0.25) is 0 Å². The summed E-state index contributed by atoms with van der Waals surface area (Å²) in [7, 11) is 0. The Bertz CT molecular complexity index is 3890. The summed E-state index contributed by atoms with van der Waals surface area (Å²) in [5, 5.41) is 2.48. The quantitative estimate of drug-likeness (QED) is 0.155. The second kappa shape index (κ2) is 15.6. The Balaban J connectivity index is 0.980. The number of fused-ring (bicyclic) bond motifs is 13. The number of aromatic nitrogens is 1. The average Bonchev–Trinajstić information content (AvgIpc) is 4.03. The first-order chi connectivity index (χ1) is 34.3. The third-order valence-corrected chi connectivity index (χ3v) is 14.8. The molecule has 0 aliphatic heterocycles. The first-order valence-electron chi connectivity index (χ1n) is 23.9. The molecule has 2 aliphatic carbocycles. The lowest BCUT2D eigenvalue weighted by Gasteiger charge is -2.33. The molecule has 0 bridgehead atoms. The van der Waals surface area contributed by atoms with E-state index in [0.29, 0.717) is 0 Å². The van der Waals surface area contributed by atoms with E-state index in [9.17, 15) is 0 Å². The molecule has 11 aromatic carbocycles. The lowest BCUT2D eigenvalue weighted by atomic mass is 9.70. The van der Waals surface area contributed by atoms with Crippen LogP contribution in [-0.2, 0) is 5.41 Å². The van der Waals surface area contributed by atoms with E-state index in [1.54, 1.807) is 0 Å². The number of hydrogen-bond donors (Lipinski definition) is 0. The molecular formula is C67H44N2. The standard InChI is InChI=1S/C67H44N2/c1-3-19-45(20-4-1)46-35-38-49(39-36-46)68(50-40-41-56-55-27-11-16-32-62(55)67(63(56)44-50)60-30-14-9-25-53(60)54-26-10-15-31-61(54)67)64-33-17-12-28-57(64)52-24-8-7-23-51(52)47-37-42-66-59(43-47)58-29-13-18-34-65(58)69(66)48-21-5-2-6-22-48/h1-44H. The van der Waals surface area contributed by atoms with Crippen LogP contribution in [0.5, 0.6) is 0 Å². The average molecular weight is 877 g/mol. The van der Waals surface area contributed by atoms with Gasteiger partial charge in [-0.05, 0) is 133 Å². The summed E-state index contributed by atoms with van der Waals surface area (Å²) >= 11 is 0. The van der Waals surface area contributed by atoms with E-state index in [4.69, 9.17) is 0 Å². The van der Waals surface area contributed by atoms with Crippen molar-refractivity contribution in [1.82, 2.24) is 4.57 Å². The summed E-state index contributed by atoms with van der Waals surface area (Å²) < 4.78 is 2.39. The minimum Gasteiger partial charge on any atom is -0.310 e. The van der Waals surface area contributed by atoms with E-state index in [1.807, 2.05) is 0 Å². The van der Waals surface area contributed by atoms with Crippen molar-refractivity contribution in [1.29, 1.82) is 0 Å². The molecule has 0 unspecified atom stereocenters. The maximum absolute atomic E-state index is 2.50. The topological polar surface area (TPSA) is 8.17 Å². The second-order valence-corrected chi connectivity index (χ2v) is 18.3. The molecule has 2 aliphatic rings. The Kier molecular flexibility index (Phi) is 8.84. The zero-order valence-corrected chi connectivity index (χ0v) is 37.8.